The molecule has 0 aliphatic heterocycles. The van der Waals surface area contributed by atoms with Crippen molar-refractivity contribution in [3.8, 4) is 16.9 Å². The lowest BCUT2D eigenvalue weighted by molar-refractivity contribution is -0.669. The molecule has 3 rings (SSSR count). The summed E-state index contributed by atoms with van der Waals surface area (Å²) in [5.74, 6) is 0.783. The summed E-state index contributed by atoms with van der Waals surface area (Å²) in [5.41, 5.74) is 1.92. The quantitative estimate of drug-likeness (QED) is 0.539. The molecule has 0 saturated heterocycles. The van der Waals surface area contributed by atoms with E-state index in [9.17, 15) is 0 Å². The van der Waals surface area contributed by atoms with Gasteiger partial charge in [-0.3, -0.25) is 0 Å². The van der Waals surface area contributed by atoms with E-state index in [4.69, 9.17) is 33.0 Å². The van der Waals surface area contributed by atoms with Crippen LogP contribution < -0.4 is 9.30 Å². The van der Waals surface area contributed by atoms with Crippen molar-refractivity contribution < 1.29 is 14.4 Å². The number of halogens is 2. The van der Waals surface area contributed by atoms with E-state index in [0.29, 0.717) is 23.1 Å². The molecule has 3 nitrogen and oxygen atoms in total. The molecule has 124 valence electrons. The highest BCUT2D eigenvalue weighted by Gasteiger charge is 2.14. The number of ether oxygens (including phenoxy) is 1. The van der Waals surface area contributed by atoms with E-state index in [2.05, 4.69) is 0 Å². The molecule has 1 heterocycles. The Kier molecular flexibility index (Phi) is 5.24. The number of aliphatic hydroxyl groups is 1. The summed E-state index contributed by atoms with van der Waals surface area (Å²) >= 11 is 12.5. The maximum absolute atomic E-state index is 8.86. The summed E-state index contributed by atoms with van der Waals surface area (Å²) in [6, 6.07) is 11.4. The predicted molar refractivity (Wildman–Crippen MR) is 97.8 cm³/mol. The molecule has 24 heavy (non-hydrogen) atoms. The van der Waals surface area contributed by atoms with Crippen LogP contribution in [0.5, 0.6) is 5.75 Å². The third kappa shape index (κ3) is 3.64. The minimum absolute atomic E-state index is 0.125. The summed E-state index contributed by atoms with van der Waals surface area (Å²) in [6.45, 7) is 0.619. The van der Waals surface area contributed by atoms with Crippen LogP contribution in [-0.4, -0.2) is 18.3 Å². The Hall–Kier alpha value is -1.81. The summed E-state index contributed by atoms with van der Waals surface area (Å²) in [7, 11) is 1.97. The summed E-state index contributed by atoms with van der Waals surface area (Å²) in [6.07, 6.45) is 4.69. The molecule has 5 heteroatoms. The van der Waals surface area contributed by atoms with Gasteiger partial charge in [-0.2, -0.15) is 0 Å². The minimum Gasteiger partial charge on any atom is -0.493 e. The number of hydrogen-bond donors (Lipinski definition) is 1. The second kappa shape index (κ2) is 7.39. The summed E-state index contributed by atoms with van der Waals surface area (Å²) in [5, 5.41) is 12.3. The van der Waals surface area contributed by atoms with Crippen LogP contribution in [-0.2, 0) is 7.05 Å². The van der Waals surface area contributed by atoms with Crippen LogP contribution in [0.25, 0.3) is 21.9 Å². The predicted octanol–water partition coefficient (Wildman–Crippen LogP) is 4.40. The Morgan fingerprint density at radius 2 is 1.88 bits per heavy atom. The lowest BCUT2D eigenvalue weighted by Crippen LogP contribution is -2.26. The van der Waals surface area contributed by atoms with Gasteiger partial charge in [0, 0.05) is 39.4 Å². The van der Waals surface area contributed by atoms with Gasteiger partial charge in [0.25, 0.3) is 0 Å². The SMILES string of the molecule is C[n+]1cc(-c2cc(Cl)ccc2Cl)c2ccc(OCCCO)cc2c1. The first kappa shape index (κ1) is 17.0. The number of rotatable bonds is 5. The van der Waals surface area contributed by atoms with E-state index >= 15 is 0 Å². The van der Waals surface area contributed by atoms with Gasteiger partial charge in [0.2, 0.25) is 0 Å². The first-order valence-electron chi connectivity index (χ1n) is 7.70. The zero-order valence-corrected chi connectivity index (χ0v) is 14.8. The van der Waals surface area contributed by atoms with Gasteiger partial charge >= 0.3 is 0 Å². The van der Waals surface area contributed by atoms with Crippen molar-refractivity contribution in [2.45, 2.75) is 6.42 Å². The minimum atomic E-state index is 0.125. The average molecular weight is 363 g/mol. The van der Waals surface area contributed by atoms with Crippen molar-refractivity contribution in [1.29, 1.82) is 0 Å². The molecule has 0 saturated carbocycles. The Labute approximate surface area is 151 Å². The van der Waals surface area contributed by atoms with Gasteiger partial charge in [0.05, 0.1) is 12.2 Å². The van der Waals surface area contributed by atoms with Crippen molar-refractivity contribution in [1.82, 2.24) is 0 Å². The Balaban J connectivity index is 2.10. The zero-order valence-electron chi connectivity index (χ0n) is 13.3. The summed E-state index contributed by atoms with van der Waals surface area (Å²) < 4.78 is 7.66. The lowest BCUT2D eigenvalue weighted by Gasteiger charge is -2.10. The molecule has 0 atom stereocenters. The van der Waals surface area contributed by atoms with Crippen molar-refractivity contribution in [3.63, 3.8) is 0 Å². The number of aromatic nitrogens is 1. The molecule has 0 bridgehead atoms. The van der Waals surface area contributed by atoms with Gasteiger partial charge in [-0.05, 0) is 36.4 Å². The largest absolute Gasteiger partial charge is 0.493 e. The highest BCUT2D eigenvalue weighted by molar-refractivity contribution is 6.35. The molecule has 2 aromatic carbocycles. The van der Waals surface area contributed by atoms with Gasteiger partial charge in [-0.25, -0.2) is 4.57 Å². The molecule has 0 spiro atoms. The highest BCUT2D eigenvalue weighted by Crippen LogP contribution is 2.35. The number of benzene rings is 2. The van der Waals surface area contributed by atoms with E-state index in [1.807, 2.05) is 54.3 Å². The van der Waals surface area contributed by atoms with E-state index < -0.39 is 0 Å². The van der Waals surface area contributed by atoms with Gasteiger partial charge in [-0.1, -0.05) is 23.2 Å². The maximum Gasteiger partial charge on any atom is 0.177 e. The molecule has 1 N–H and O–H groups in total. The molecule has 0 aliphatic rings. The number of hydrogen-bond acceptors (Lipinski definition) is 2. The van der Waals surface area contributed by atoms with Crippen molar-refractivity contribution in [2.24, 2.45) is 7.05 Å². The van der Waals surface area contributed by atoms with E-state index in [1.54, 1.807) is 6.07 Å². The third-order valence-corrected chi connectivity index (χ3v) is 4.34. The monoisotopic (exact) mass is 362 g/mol. The van der Waals surface area contributed by atoms with E-state index in [-0.39, 0.29) is 6.61 Å². The van der Waals surface area contributed by atoms with Crippen LogP contribution >= 0.6 is 23.2 Å². The molecular formula is C19H18Cl2NO2+. The van der Waals surface area contributed by atoms with Crippen molar-refractivity contribution >= 4 is 34.0 Å². The fourth-order valence-electron chi connectivity index (χ4n) is 2.69. The van der Waals surface area contributed by atoms with Crippen molar-refractivity contribution in [2.75, 3.05) is 13.2 Å². The molecule has 0 radical (unpaired) electrons. The molecule has 0 amide bonds. The van der Waals surface area contributed by atoms with Gasteiger partial charge in [0.1, 0.15) is 12.8 Å². The van der Waals surface area contributed by atoms with Gasteiger partial charge < -0.3 is 9.84 Å². The van der Waals surface area contributed by atoms with Crippen LogP contribution in [0, 0.1) is 0 Å². The standard InChI is InChI=1S/C19H18Cl2NO2/c1-22-11-13-9-15(24-8-2-7-23)4-5-16(13)18(12-22)17-10-14(20)3-6-19(17)21/h3-6,9-12,23H,2,7-8H2,1H3/q+1. The highest BCUT2D eigenvalue weighted by atomic mass is 35.5. The van der Waals surface area contributed by atoms with Gasteiger partial charge in [0.15, 0.2) is 12.4 Å². The second-order valence-corrected chi connectivity index (χ2v) is 6.48. The Morgan fingerprint density at radius 1 is 1.04 bits per heavy atom. The lowest BCUT2D eigenvalue weighted by atomic mass is 10.0. The molecular weight excluding hydrogens is 345 g/mol. The molecule has 0 unspecified atom stereocenters. The Bertz CT molecular complexity index is 881. The summed E-state index contributed by atoms with van der Waals surface area (Å²) in [4.78, 5) is 0. The first-order valence-corrected chi connectivity index (χ1v) is 8.46. The van der Waals surface area contributed by atoms with Crippen LogP contribution in [0.3, 0.4) is 0 Å². The molecule has 1 aromatic heterocycles. The van der Waals surface area contributed by atoms with E-state index in [0.717, 1.165) is 27.6 Å². The molecule has 3 aromatic rings. The molecule has 0 fully saturated rings. The van der Waals surface area contributed by atoms with Gasteiger partial charge in [-0.15, -0.1) is 0 Å². The topological polar surface area (TPSA) is 33.3 Å². The third-order valence-electron chi connectivity index (χ3n) is 3.78. The smallest absolute Gasteiger partial charge is 0.177 e. The Morgan fingerprint density at radius 3 is 2.67 bits per heavy atom. The number of fused-ring (bicyclic) bond motifs is 1. The van der Waals surface area contributed by atoms with Crippen LogP contribution in [0.4, 0.5) is 0 Å². The molecule has 0 aliphatic carbocycles. The fraction of sp³-hybridized carbons (Fsp3) is 0.211. The van der Waals surface area contributed by atoms with E-state index in [1.165, 1.54) is 0 Å². The number of aliphatic hydroxyl groups excluding tert-OH is 1. The van der Waals surface area contributed by atoms with Crippen LogP contribution in [0.2, 0.25) is 10.0 Å². The average Bonchev–Trinajstić information content (AvgIpc) is 2.56. The van der Waals surface area contributed by atoms with Crippen LogP contribution in [0.1, 0.15) is 6.42 Å². The van der Waals surface area contributed by atoms with Crippen LogP contribution in [0.15, 0.2) is 48.8 Å². The second-order valence-electron chi connectivity index (χ2n) is 5.64. The number of pyridine rings is 1. The van der Waals surface area contributed by atoms with Crippen molar-refractivity contribution in [3.05, 3.63) is 58.8 Å². The normalized spacial score (nSPS) is 11.0. The fourth-order valence-corrected chi connectivity index (χ4v) is 3.08. The number of nitrogens with zero attached hydrogens (tertiary/aromatic N) is 1. The first-order chi connectivity index (χ1) is 11.6. The number of aryl methyl sites for hydroxylation is 1. The zero-order chi connectivity index (χ0) is 17.1. The maximum atomic E-state index is 8.86.